The van der Waals surface area contributed by atoms with E-state index in [4.69, 9.17) is 0 Å². The summed E-state index contributed by atoms with van der Waals surface area (Å²) in [4.78, 5) is 4.13. The SMILES string of the molecule is C=C(/C=C\C(=C)NC(C)C)NCS/C=C(\NC)c1cccnc1.CC(C)C. The second-order valence-corrected chi connectivity index (χ2v) is 7.78. The van der Waals surface area contributed by atoms with Gasteiger partial charge in [-0.05, 0) is 49.5 Å². The van der Waals surface area contributed by atoms with Crippen LogP contribution in [-0.2, 0) is 0 Å². The molecule has 0 saturated heterocycles. The maximum Gasteiger partial charge on any atom is 0.0651 e. The number of nitrogens with one attached hydrogen (secondary N) is 3. The highest BCUT2D eigenvalue weighted by atomic mass is 32.2. The van der Waals surface area contributed by atoms with Crippen LogP contribution in [0.4, 0.5) is 0 Å². The van der Waals surface area contributed by atoms with E-state index >= 15 is 0 Å². The molecular formula is C22H36N4S. The Hall–Kier alpha value is -2.14. The van der Waals surface area contributed by atoms with Crippen molar-refractivity contribution in [1.29, 1.82) is 0 Å². The third kappa shape index (κ3) is 14.7. The lowest BCUT2D eigenvalue weighted by molar-refractivity contribution is 0.683. The van der Waals surface area contributed by atoms with E-state index in [9.17, 15) is 0 Å². The van der Waals surface area contributed by atoms with Crippen LogP contribution in [0.25, 0.3) is 5.70 Å². The van der Waals surface area contributed by atoms with Gasteiger partial charge in [0.1, 0.15) is 0 Å². The fraction of sp³-hybridized carbons (Fsp3) is 0.409. The van der Waals surface area contributed by atoms with Gasteiger partial charge in [-0.25, -0.2) is 0 Å². The largest absolute Gasteiger partial charge is 0.387 e. The molecule has 0 aliphatic heterocycles. The van der Waals surface area contributed by atoms with Gasteiger partial charge in [-0.1, -0.05) is 33.9 Å². The van der Waals surface area contributed by atoms with E-state index in [-0.39, 0.29) is 0 Å². The number of allylic oxidation sites excluding steroid dienone is 2. The van der Waals surface area contributed by atoms with Crippen LogP contribution in [0.3, 0.4) is 0 Å². The summed E-state index contributed by atoms with van der Waals surface area (Å²) in [5, 5.41) is 11.7. The molecule has 0 unspecified atom stereocenters. The van der Waals surface area contributed by atoms with Gasteiger partial charge in [-0.3, -0.25) is 4.98 Å². The smallest absolute Gasteiger partial charge is 0.0651 e. The third-order valence-electron chi connectivity index (χ3n) is 2.79. The summed E-state index contributed by atoms with van der Waals surface area (Å²) in [6, 6.07) is 4.33. The molecule has 1 aromatic rings. The van der Waals surface area contributed by atoms with Gasteiger partial charge in [0.2, 0.25) is 0 Å². The summed E-state index contributed by atoms with van der Waals surface area (Å²) >= 11 is 1.66. The van der Waals surface area contributed by atoms with E-state index in [1.807, 2.05) is 37.5 Å². The Bertz CT molecular complexity index is 601. The van der Waals surface area contributed by atoms with Gasteiger partial charge in [0.05, 0.1) is 5.88 Å². The van der Waals surface area contributed by atoms with E-state index in [0.717, 1.165) is 34.4 Å². The standard InChI is InChI=1S/C18H26N4S.C4H10/c1-14(2)22-16(4)9-8-15(3)21-13-23-12-18(19-5)17-7-6-10-20-11-17;1-4(2)3/h6-12,14,19,21-22H,3-4,13H2,1-2,5H3;4H,1-3H3/b9-8-,18-12-;. The number of aromatic nitrogens is 1. The van der Waals surface area contributed by atoms with Crippen molar-refractivity contribution in [3.05, 3.63) is 72.2 Å². The summed E-state index contributed by atoms with van der Waals surface area (Å²) in [6.07, 6.45) is 7.45. The summed E-state index contributed by atoms with van der Waals surface area (Å²) in [5.74, 6) is 1.57. The number of hydrogen-bond donors (Lipinski definition) is 3. The number of thioether (sulfide) groups is 1. The highest BCUT2D eigenvalue weighted by Crippen LogP contribution is 2.14. The van der Waals surface area contributed by atoms with Crippen molar-refractivity contribution in [2.75, 3.05) is 12.9 Å². The molecule has 0 fully saturated rings. The topological polar surface area (TPSA) is 49.0 Å². The lowest BCUT2D eigenvalue weighted by atomic mass is 10.2. The Balaban J connectivity index is 0.00000153. The second kappa shape index (κ2) is 15.0. The highest BCUT2D eigenvalue weighted by Gasteiger charge is 1.98. The minimum absolute atomic E-state index is 0.376. The first kappa shape index (κ1) is 24.9. The molecule has 0 aliphatic rings. The summed E-state index contributed by atoms with van der Waals surface area (Å²) in [6.45, 7) is 18.6. The maximum absolute atomic E-state index is 4.13. The Kier molecular flexibility index (Phi) is 13.8. The number of nitrogens with zero attached hydrogens (tertiary/aromatic N) is 1. The van der Waals surface area contributed by atoms with Crippen LogP contribution in [-0.4, -0.2) is 24.0 Å². The molecule has 0 radical (unpaired) electrons. The number of pyridine rings is 1. The van der Waals surface area contributed by atoms with E-state index < -0.39 is 0 Å². The molecule has 0 saturated carbocycles. The van der Waals surface area contributed by atoms with Crippen molar-refractivity contribution in [2.45, 2.75) is 40.7 Å². The monoisotopic (exact) mass is 388 g/mol. The molecule has 27 heavy (non-hydrogen) atoms. The second-order valence-electron chi connectivity index (χ2n) is 6.93. The maximum atomic E-state index is 4.13. The first-order valence-electron chi connectivity index (χ1n) is 9.22. The first-order chi connectivity index (χ1) is 12.8. The Morgan fingerprint density at radius 3 is 2.30 bits per heavy atom. The zero-order valence-corrected chi connectivity index (χ0v) is 18.5. The normalized spacial score (nSPS) is 11.2. The highest BCUT2D eigenvalue weighted by molar-refractivity contribution is 8.02. The molecule has 0 aliphatic carbocycles. The van der Waals surface area contributed by atoms with E-state index in [2.05, 4.69) is 74.1 Å². The molecule has 0 atom stereocenters. The van der Waals surface area contributed by atoms with Gasteiger partial charge in [-0.2, -0.15) is 0 Å². The fourth-order valence-electron chi connectivity index (χ4n) is 1.73. The molecule has 1 heterocycles. The Labute approximate surface area is 170 Å². The molecule has 3 N–H and O–H groups in total. The number of rotatable bonds is 10. The lowest BCUT2D eigenvalue weighted by Crippen LogP contribution is -2.20. The van der Waals surface area contributed by atoms with E-state index in [0.29, 0.717) is 6.04 Å². The van der Waals surface area contributed by atoms with Crippen LogP contribution in [0, 0.1) is 5.92 Å². The molecule has 0 spiro atoms. The van der Waals surface area contributed by atoms with E-state index in [1.54, 1.807) is 18.0 Å². The quantitative estimate of drug-likeness (QED) is 0.295. The molecule has 1 aromatic heterocycles. The Morgan fingerprint density at radius 1 is 1.15 bits per heavy atom. The molecule has 0 bridgehead atoms. The average Bonchev–Trinajstić information content (AvgIpc) is 2.60. The summed E-state index contributed by atoms with van der Waals surface area (Å²) in [7, 11) is 1.90. The van der Waals surface area contributed by atoms with Gasteiger partial charge in [0.15, 0.2) is 0 Å². The minimum atomic E-state index is 0.376. The summed E-state index contributed by atoms with van der Waals surface area (Å²) in [5.41, 5.74) is 3.84. The minimum Gasteiger partial charge on any atom is -0.387 e. The third-order valence-corrected chi connectivity index (χ3v) is 3.50. The van der Waals surface area contributed by atoms with Crippen LogP contribution in [0.2, 0.25) is 0 Å². The van der Waals surface area contributed by atoms with Gasteiger partial charge < -0.3 is 16.0 Å². The van der Waals surface area contributed by atoms with Crippen LogP contribution in [0.1, 0.15) is 40.2 Å². The predicted octanol–water partition coefficient (Wildman–Crippen LogP) is 5.12. The van der Waals surface area contributed by atoms with E-state index in [1.165, 1.54) is 0 Å². The molecule has 0 aromatic carbocycles. The van der Waals surface area contributed by atoms with Crippen molar-refractivity contribution in [1.82, 2.24) is 20.9 Å². The van der Waals surface area contributed by atoms with Crippen molar-refractivity contribution < 1.29 is 0 Å². The van der Waals surface area contributed by atoms with Gasteiger partial charge in [0.25, 0.3) is 0 Å². The van der Waals surface area contributed by atoms with Crippen LogP contribution in [0.15, 0.2) is 66.6 Å². The van der Waals surface area contributed by atoms with Gasteiger partial charge in [0, 0.05) is 48.1 Å². The van der Waals surface area contributed by atoms with Crippen LogP contribution < -0.4 is 16.0 Å². The zero-order valence-electron chi connectivity index (χ0n) is 17.7. The van der Waals surface area contributed by atoms with Gasteiger partial charge >= 0.3 is 0 Å². The predicted molar refractivity (Wildman–Crippen MR) is 123 cm³/mol. The molecule has 4 nitrogen and oxygen atoms in total. The van der Waals surface area contributed by atoms with Crippen molar-refractivity contribution >= 4 is 17.5 Å². The lowest BCUT2D eigenvalue weighted by Gasteiger charge is -2.10. The Morgan fingerprint density at radius 2 is 1.78 bits per heavy atom. The fourth-order valence-corrected chi connectivity index (χ4v) is 2.50. The molecule has 1 rings (SSSR count). The zero-order chi connectivity index (χ0) is 20.7. The first-order valence-corrected chi connectivity index (χ1v) is 10.3. The van der Waals surface area contributed by atoms with Crippen LogP contribution in [0.5, 0.6) is 0 Å². The van der Waals surface area contributed by atoms with Crippen LogP contribution >= 0.6 is 11.8 Å². The summed E-state index contributed by atoms with van der Waals surface area (Å²) < 4.78 is 0. The number of hydrogen-bond acceptors (Lipinski definition) is 5. The molecule has 150 valence electrons. The molecule has 5 heteroatoms. The molecular weight excluding hydrogens is 352 g/mol. The van der Waals surface area contributed by atoms with Crippen molar-refractivity contribution in [3.8, 4) is 0 Å². The van der Waals surface area contributed by atoms with Crippen molar-refractivity contribution in [2.24, 2.45) is 5.92 Å². The van der Waals surface area contributed by atoms with Gasteiger partial charge in [-0.15, -0.1) is 11.8 Å². The van der Waals surface area contributed by atoms with Crippen molar-refractivity contribution in [3.63, 3.8) is 0 Å². The molecule has 0 amide bonds. The average molecular weight is 389 g/mol.